The van der Waals surface area contributed by atoms with Crippen molar-refractivity contribution in [3.8, 4) is 0 Å². The van der Waals surface area contributed by atoms with Gasteiger partial charge in [0.1, 0.15) is 18.4 Å². The molecule has 2 fully saturated rings. The smallest absolute Gasteiger partial charge is 0.322 e. The van der Waals surface area contributed by atoms with E-state index in [1.165, 1.54) is 4.90 Å². The number of halogens is 1. The lowest BCUT2D eigenvalue weighted by atomic mass is 10.0. The molecule has 3 aliphatic heterocycles. The van der Waals surface area contributed by atoms with E-state index in [0.717, 1.165) is 0 Å². The summed E-state index contributed by atoms with van der Waals surface area (Å²) in [5, 5.41) is 7.20. The van der Waals surface area contributed by atoms with E-state index in [0.29, 0.717) is 55.9 Å². The maximum absolute atomic E-state index is 13.4. The van der Waals surface area contributed by atoms with Crippen LogP contribution >= 0.6 is 11.6 Å². The van der Waals surface area contributed by atoms with Gasteiger partial charge in [-0.2, -0.15) is 0 Å². The summed E-state index contributed by atoms with van der Waals surface area (Å²) in [6.07, 6.45) is 1.88. The molecule has 0 aliphatic carbocycles. The number of amides is 4. The van der Waals surface area contributed by atoms with Crippen molar-refractivity contribution in [2.24, 2.45) is 5.92 Å². The molecule has 4 amide bonds. The summed E-state index contributed by atoms with van der Waals surface area (Å²) in [6, 6.07) is 5.89. The van der Waals surface area contributed by atoms with E-state index in [1.807, 2.05) is 41.9 Å². The zero-order chi connectivity index (χ0) is 24.6. The fourth-order valence-corrected chi connectivity index (χ4v) is 4.80. The molecular weight excluding hydrogens is 458 g/mol. The van der Waals surface area contributed by atoms with Crippen molar-refractivity contribution < 1.29 is 14.4 Å². The molecule has 10 nitrogen and oxygen atoms in total. The van der Waals surface area contributed by atoms with Gasteiger partial charge in [-0.3, -0.25) is 9.59 Å². The number of carbonyl (C=O) groups excluding carboxylic acids is 3. The largest absolute Gasteiger partial charge is 0.361 e. The molecule has 2 saturated heterocycles. The molecule has 11 heteroatoms. The zero-order valence-corrected chi connectivity index (χ0v) is 20.8. The minimum absolute atomic E-state index is 0.00258. The van der Waals surface area contributed by atoms with Crippen molar-refractivity contribution in [3.63, 3.8) is 0 Å². The predicted octanol–water partition coefficient (Wildman–Crippen LogP) is 1.73. The molecule has 1 aromatic carbocycles. The summed E-state index contributed by atoms with van der Waals surface area (Å²) in [4.78, 5) is 46.4. The standard InChI is InChI=1S/C23H32ClN7O3/c1-16(2)20(27(4)23(34)25-18-7-5-17(24)6-8-18)22(33)28-9-11-30(12-10-28)31-15-29-14-26(3)13-19(29)21(31)32/h5-8,13,16,20H,9-12,14-15H2,1-4H3,(H,25,34)/t20-/m1/s1. The molecule has 0 bridgehead atoms. The van der Waals surface area contributed by atoms with Crippen LogP contribution in [0.1, 0.15) is 13.8 Å². The second-order valence-corrected chi connectivity index (χ2v) is 9.75. The van der Waals surface area contributed by atoms with E-state index in [1.54, 1.807) is 41.2 Å². The van der Waals surface area contributed by atoms with Crippen molar-refractivity contribution >= 4 is 35.1 Å². The molecule has 0 radical (unpaired) electrons. The fourth-order valence-electron chi connectivity index (χ4n) is 4.68. The van der Waals surface area contributed by atoms with Crippen LogP contribution in [0.15, 0.2) is 36.2 Å². The van der Waals surface area contributed by atoms with Gasteiger partial charge in [0.05, 0.1) is 6.67 Å². The van der Waals surface area contributed by atoms with E-state index in [4.69, 9.17) is 11.6 Å². The third-order valence-corrected chi connectivity index (χ3v) is 6.71. The summed E-state index contributed by atoms with van der Waals surface area (Å²) >= 11 is 5.92. The minimum atomic E-state index is -0.599. The van der Waals surface area contributed by atoms with Gasteiger partial charge in [-0.15, -0.1) is 0 Å². The molecule has 0 unspecified atom stereocenters. The van der Waals surface area contributed by atoms with Crippen LogP contribution in [0.5, 0.6) is 0 Å². The first-order valence-electron chi connectivity index (χ1n) is 11.5. The van der Waals surface area contributed by atoms with Gasteiger partial charge < -0.3 is 24.9 Å². The molecule has 1 N–H and O–H groups in total. The lowest BCUT2D eigenvalue weighted by Crippen LogP contribution is -2.60. The number of nitrogens with one attached hydrogen (secondary N) is 1. The van der Waals surface area contributed by atoms with Crippen molar-refractivity contribution in [2.45, 2.75) is 19.9 Å². The maximum Gasteiger partial charge on any atom is 0.322 e. The molecule has 0 saturated carbocycles. The van der Waals surface area contributed by atoms with Crippen molar-refractivity contribution in [1.29, 1.82) is 0 Å². The Morgan fingerprint density at radius 3 is 2.29 bits per heavy atom. The van der Waals surface area contributed by atoms with Gasteiger partial charge in [0.15, 0.2) is 0 Å². The number of hydrogen-bond acceptors (Lipinski definition) is 6. The lowest BCUT2D eigenvalue weighted by molar-refractivity contribution is -0.150. The van der Waals surface area contributed by atoms with Gasteiger partial charge in [-0.05, 0) is 30.2 Å². The number of anilines is 1. The van der Waals surface area contributed by atoms with Crippen LogP contribution in [0, 0.1) is 5.92 Å². The van der Waals surface area contributed by atoms with Gasteiger partial charge in [-0.1, -0.05) is 25.4 Å². The van der Waals surface area contributed by atoms with Crippen LogP contribution in [-0.2, 0) is 9.59 Å². The number of hydrazine groups is 1. The Morgan fingerprint density at radius 2 is 1.71 bits per heavy atom. The molecule has 4 rings (SSSR count). The van der Waals surface area contributed by atoms with Crippen molar-refractivity contribution in [2.75, 3.05) is 58.9 Å². The van der Waals surface area contributed by atoms with Crippen molar-refractivity contribution in [3.05, 3.63) is 41.2 Å². The fraction of sp³-hybridized carbons (Fsp3) is 0.522. The highest BCUT2D eigenvalue weighted by atomic mass is 35.5. The van der Waals surface area contributed by atoms with E-state index in [2.05, 4.69) is 5.32 Å². The van der Waals surface area contributed by atoms with Crippen LogP contribution in [0.2, 0.25) is 5.02 Å². The Balaban J connectivity index is 1.35. The quantitative estimate of drug-likeness (QED) is 0.678. The molecule has 1 aromatic rings. The average molecular weight is 490 g/mol. The van der Waals surface area contributed by atoms with E-state index in [9.17, 15) is 14.4 Å². The zero-order valence-electron chi connectivity index (χ0n) is 20.1. The number of likely N-dealkylation sites (N-methyl/N-ethyl adjacent to an activating group) is 1. The maximum atomic E-state index is 13.4. The average Bonchev–Trinajstić information content (AvgIpc) is 3.32. The summed E-state index contributed by atoms with van der Waals surface area (Å²) < 4.78 is 0. The normalized spacial score (nSPS) is 19.5. The monoisotopic (exact) mass is 489 g/mol. The van der Waals surface area contributed by atoms with E-state index in [-0.39, 0.29) is 23.8 Å². The van der Waals surface area contributed by atoms with E-state index < -0.39 is 6.04 Å². The molecular formula is C23H32ClN7O3. The highest BCUT2D eigenvalue weighted by Crippen LogP contribution is 2.26. The molecule has 0 spiro atoms. The number of piperazine rings is 1. The number of urea groups is 1. The first-order valence-corrected chi connectivity index (χ1v) is 11.9. The Morgan fingerprint density at radius 1 is 1.06 bits per heavy atom. The van der Waals surface area contributed by atoms with Gasteiger partial charge in [0.2, 0.25) is 5.91 Å². The highest BCUT2D eigenvalue weighted by Gasteiger charge is 2.41. The first-order chi connectivity index (χ1) is 16.2. The minimum Gasteiger partial charge on any atom is -0.361 e. The number of fused-ring (bicyclic) bond motifs is 1. The first kappa shape index (κ1) is 24.2. The molecule has 3 heterocycles. The van der Waals surface area contributed by atoms with Crippen molar-refractivity contribution in [1.82, 2.24) is 29.6 Å². The predicted molar refractivity (Wildman–Crippen MR) is 129 cm³/mol. The topological polar surface area (TPSA) is 82.7 Å². The molecule has 0 aromatic heterocycles. The summed E-state index contributed by atoms with van der Waals surface area (Å²) in [5.74, 6) is -0.147. The van der Waals surface area contributed by atoms with Crippen LogP contribution in [0.3, 0.4) is 0 Å². The number of rotatable bonds is 5. The third kappa shape index (κ3) is 4.78. The third-order valence-electron chi connectivity index (χ3n) is 6.46. The molecule has 34 heavy (non-hydrogen) atoms. The molecule has 1 atom stereocenters. The Labute approximate surface area is 205 Å². The van der Waals surface area contributed by atoms with Gasteiger partial charge in [0.25, 0.3) is 5.91 Å². The number of hydrogen-bond donors (Lipinski definition) is 1. The lowest BCUT2D eigenvalue weighted by Gasteiger charge is -2.41. The van der Waals surface area contributed by atoms with Crippen LogP contribution < -0.4 is 5.32 Å². The summed E-state index contributed by atoms with van der Waals surface area (Å²) in [5.41, 5.74) is 1.33. The summed E-state index contributed by atoms with van der Waals surface area (Å²) in [7, 11) is 3.59. The SMILES string of the molecule is CC(C)[C@H](C(=O)N1CCN(N2CN3CN(C)C=C3C2=O)CC1)N(C)C(=O)Nc1ccc(Cl)cc1. The van der Waals surface area contributed by atoms with Crippen LogP contribution in [0.4, 0.5) is 10.5 Å². The highest BCUT2D eigenvalue weighted by molar-refractivity contribution is 6.30. The second kappa shape index (κ2) is 9.71. The van der Waals surface area contributed by atoms with E-state index >= 15 is 0 Å². The van der Waals surface area contributed by atoms with Crippen LogP contribution in [0.25, 0.3) is 0 Å². The molecule has 184 valence electrons. The van der Waals surface area contributed by atoms with Gasteiger partial charge >= 0.3 is 6.03 Å². The van der Waals surface area contributed by atoms with Gasteiger partial charge in [-0.25, -0.2) is 14.8 Å². The number of carbonyl (C=O) groups is 3. The van der Waals surface area contributed by atoms with Gasteiger partial charge in [0, 0.05) is 57.2 Å². The Hall–Kier alpha value is -2.98. The second-order valence-electron chi connectivity index (χ2n) is 9.31. The summed E-state index contributed by atoms with van der Waals surface area (Å²) in [6.45, 7) is 7.24. The molecule has 3 aliphatic rings. The number of nitrogens with zero attached hydrogens (tertiary/aromatic N) is 6. The Bertz CT molecular complexity index is 975. The Kier molecular flexibility index (Phi) is 6.90. The van der Waals surface area contributed by atoms with Crippen LogP contribution in [-0.4, -0.2) is 107 Å². The number of benzene rings is 1.